The molecule has 19 heavy (non-hydrogen) atoms. The lowest BCUT2D eigenvalue weighted by molar-refractivity contribution is 0.321. The van der Waals surface area contributed by atoms with Gasteiger partial charge in [0.15, 0.2) is 0 Å². The Bertz CT molecular complexity index is 498. The molecule has 0 amide bonds. The molecule has 0 radical (unpaired) electrons. The molecular formula is C15H21ClO2S. The fraction of sp³-hybridized carbons (Fsp3) is 0.600. The van der Waals surface area contributed by atoms with Crippen LogP contribution in [0.15, 0.2) is 30.3 Å². The summed E-state index contributed by atoms with van der Waals surface area (Å²) in [7, 11) is -2.89. The molecule has 3 unspecified atom stereocenters. The minimum atomic E-state index is -2.89. The van der Waals surface area contributed by atoms with Crippen molar-refractivity contribution in [3.8, 4) is 0 Å². The molecule has 0 aromatic heterocycles. The predicted molar refractivity (Wildman–Crippen MR) is 80.5 cm³/mol. The van der Waals surface area contributed by atoms with Crippen molar-refractivity contribution in [1.82, 2.24) is 0 Å². The van der Waals surface area contributed by atoms with Gasteiger partial charge in [0.25, 0.3) is 0 Å². The van der Waals surface area contributed by atoms with Gasteiger partial charge in [-0.05, 0) is 43.1 Å². The molecule has 0 saturated heterocycles. The standard InChI is InChI=1S/C15H21ClO2S/c1-19(17,18)10-9-14-11-13(7-8-15(14)16)12-5-3-2-4-6-12/h2-6,13-15H,7-11H2,1H3. The zero-order valence-corrected chi connectivity index (χ0v) is 12.8. The highest BCUT2D eigenvalue weighted by molar-refractivity contribution is 7.90. The minimum absolute atomic E-state index is 0.127. The van der Waals surface area contributed by atoms with Crippen molar-refractivity contribution >= 4 is 21.4 Å². The van der Waals surface area contributed by atoms with Gasteiger partial charge in [0.05, 0.1) is 5.75 Å². The molecule has 4 heteroatoms. The predicted octanol–water partition coefficient (Wildman–Crippen LogP) is 3.61. The number of rotatable bonds is 4. The topological polar surface area (TPSA) is 34.1 Å². The van der Waals surface area contributed by atoms with Crippen LogP contribution in [0.4, 0.5) is 0 Å². The van der Waals surface area contributed by atoms with Crippen LogP contribution in [0, 0.1) is 5.92 Å². The second kappa shape index (κ2) is 6.27. The highest BCUT2D eigenvalue weighted by atomic mass is 35.5. The molecule has 0 N–H and O–H groups in total. The van der Waals surface area contributed by atoms with E-state index in [9.17, 15) is 8.42 Å². The third-order valence-corrected chi connectivity index (χ3v) is 5.57. The van der Waals surface area contributed by atoms with Crippen molar-refractivity contribution in [3.63, 3.8) is 0 Å². The maximum atomic E-state index is 11.3. The molecule has 0 bridgehead atoms. The van der Waals surface area contributed by atoms with Gasteiger partial charge in [-0.2, -0.15) is 0 Å². The summed E-state index contributed by atoms with van der Waals surface area (Å²) >= 11 is 6.37. The van der Waals surface area contributed by atoms with Crippen LogP contribution in [-0.2, 0) is 9.84 Å². The fourth-order valence-electron chi connectivity index (χ4n) is 2.92. The summed E-state index contributed by atoms with van der Waals surface area (Å²) in [5.41, 5.74) is 1.36. The van der Waals surface area contributed by atoms with E-state index >= 15 is 0 Å². The molecule has 3 atom stereocenters. The summed E-state index contributed by atoms with van der Waals surface area (Å²) in [5.74, 6) is 1.10. The molecule has 1 fully saturated rings. The first-order valence-electron chi connectivity index (χ1n) is 6.82. The van der Waals surface area contributed by atoms with Gasteiger partial charge in [-0.1, -0.05) is 30.3 Å². The number of halogens is 1. The van der Waals surface area contributed by atoms with Crippen LogP contribution in [-0.4, -0.2) is 25.8 Å². The minimum Gasteiger partial charge on any atom is -0.229 e. The third-order valence-electron chi connectivity index (χ3n) is 4.02. The van der Waals surface area contributed by atoms with E-state index in [1.807, 2.05) is 6.07 Å². The molecule has 106 valence electrons. The van der Waals surface area contributed by atoms with Crippen LogP contribution in [0.5, 0.6) is 0 Å². The summed E-state index contributed by atoms with van der Waals surface area (Å²) < 4.78 is 22.6. The largest absolute Gasteiger partial charge is 0.229 e. The van der Waals surface area contributed by atoms with E-state index in [0.717, 1.165) is 19.3 Å². The van der Waals surface area contributed by atoms with E-state index in [-0.39, 0.29) is 11.1 Å². The van der Waals surface area contributed by atoms with Gasteiger partial charge in [-0.3, -0.25) is 0 Å². The van der Waals surface area contributed by atoms with Crippen LogP contribution in [0.25, 0.3) is 0 Å². The highest BCUT2D eigenvalue weighted by Gasteiger charge is 2.30. The van der Waals surface area contributed by atoms with Crippen LogP contribution >= 0.6 is 11.6 Å². The quantitative estimate of drug-likeness (QED) is 0.796. The average Bonchev–Trinajstić information content (AvgIpc) is 2.38. The molecule has 1 aliphatic rings. The molecule has 1 aromatic rings. The Hall–Kier alpha value is -0.540. The van der Waals surface area contributed by atoms with Crippen molar-refractivity contribution in [2.75, 3.05) is 12.0 Å². The van der Waals surface area contributed by atoms with E-state index in [2.05, 4.69) is 24.3 Å². The van der Waals surface area contributed by atoms with Crippen molar-refractivity contribution in [2.24, 2.45) is 5.92 Å². The average molecular weight is 301 g/mol. The number of sulfone groups is 1. The number of hydrogen-bond acceptors (Lipinski definition) is 2. The monoisotopic (exact) mass is 300 g/mol. The summed E-state index contributed by atoms with van der Waals surface area (Å²) in [6.07, 6.45) is 5.08. The lowest BCUT2D eigenvalue weighted by Gasteiger charge is -2.33. The zero-order valence-electron chi connectivity index (χ0n) is 11.3. The molecule has 1 saturated carbocycles. The second-order valence-electron chi connectivity index (χ2n) is 5.62. The summed E-state index contributed by atoms with van der Waals surface area (Å²) in [6.45, 7) is 0. The summed E-state index contributed by atoms with van der Waals surface area (Å²) in [5, 5.41) is 0.127. The van der Waals surface area contributed by atoms with E-state index < -0.39 is 9.84 Å². The van der Waals surface area contributed by atoms with Gasteiger partial charge in [0.2, 0.25) is 0 Å². The third kappa shape index (κ3) is 4.50. The fourth-order valence-corrected chi connectivity index (χ4v) is 4.00. The van der Waals surface area contributed by atoms with E-state index in [1.54, 1.807) is 0 Å². The number of benzene rings is 1. The molecule has 0 heterocycles. The summed E-state index contributed by atoms with van der Waals surface area (Å²) in [6, 6.07) is 10.5. The van der Waals surface area contributed by atoms with E-state index in [4.69, 9.17) is 11.6 Å². The first-order chi connectivity index (χ1) is 8.96. The van der Waals surface area contributed by atoms with Crippen molar-refractivity contribution in [2.45, 2.75) is 37.0 Å². The van der Waals surface area contributed by atoms with Gasteiger partial charge in [-0.15, -0.1) is 11.6 Å². The van der Waals surface area contributed by atoms with E-state index in [1.165, 1.54) is 11.8 Å². The van der Waals surface area contributed by atoms with Gasteiger partial charge < -0.3 is 0 Å². The Morgan fingerprint density at radius 2 is 1.89 bits per heavy atom. The number of hydrogen-bond donors (Lipinski definition) is 0. The van der Waals surface area contributed by atoms with Crippen LogP contribution in [0.3, 0.4) is 0 Å². The Morgan fingerprint density at radius 3 is 2.53 bits per heavy atom. The van der Waals surface area contributed by atoms with E-state index in [0.29, 0.717) is 18.3 Å². The molecular weight excluding hydrogens is 280 g/mol. The normalized spacial score (nSPS) is 28.2. The van der Waals surface area contributed by atoms with Crippen LogP contribution < -0.4 is 0 Å². The van der Waals surface area contributed by atoms with Gasteiger partial charge in [-0.25, -0.2) is 8.42 Å². The van der Waals surface area contributed by atoms with Gasteiger partial charge in [0.1, 0.15) is 9.84 Å². The van der Waals surface area contributed by atoms with Crippen molar-refractivity contribution in [1.29, 1.82) is 0 Å². The lowest BCUT2D eigenvalue weighted by atomic mass is 9.77. The molecule has 0 aliphatic heterocycles. The molecule has 1 aromatic carbocycles. The molecule has 1 aliphatic carbocycles. The first-order valence-corrected chi connectivity index (χ1v) is 9.32. The maximum Gasteiger partial charge on any atom is 0.147 e. The highest BCUT2D eigenvalue weighted by Crippen LogP contribution is 2.40. The molecule has 2 rings (SSSR count). The molecule has 2 nitrogen and oxygen atoms in total. The SMILES string of the molecule is CS(=O)(=O)CCC1CC(c2ccccc2)CCC1Cl. The Labute approximate surface area is 121 Å². The molecule has 0 spiro atoms. The smallest absolute Gasteiger partial charge is 0.147 e. The Kier molecular flexibility index (Phi) is 4.91. The first kappa shape index (κ1) is 14.9. The van der Waals surface area contributed by atoms with Crippen molar-refractivity contribution in [3.05, 3.63) is 35.9 Å². The zero-order chi connectivity index (χ0) is 13.9. The number of alkyl halides is 1. The maximum absolute atomic E-state index is 11.3. The van der Waals surface area contributed by atoms with Gasteiger partial charge in [0, 0.05) is 11.6 Å². The van der Waals surface area contributed by atoms with Crippen LogP contribution in [0.1, 0.15) is 37.2 Å². The Balaban J connectivity index is 2.00. The van der Waals surface area contributed by atoms with Crippen molar-refractivity contribution < 1.29 is 8.42 Å². The second-order valence-corrected chi connectivity index (χ2v) is 8.44. The van der Waals surface area contributed by atoms with Gasteiger partial charge >= 0.3 is 0 Å². The van der Waals surface area contributed by atoms with Crippen LogP contribution in [0.2, 0.25) is 0 Å². The Morgan fingerprint density at radius 1 is 1.21 bits per heavy atom. The lowest BCUT2D eigenvalue weighted by Crippen LogP contribution is -2.26. The summed E-state index contributed by atoms with van der Waals surface area (Å²) in [4.78, 5) is 0.